The Kier molecular flexibility index (Phi) is 6.00. The SMILES string of the molecule is Cc1cc2oc(=O)cc(CN(C)Cc3ccc(C(C)(C)C)cc3)c2cc1C(C)C. The van der Waals surface area contributed by atoms with Gasteiger partial charge in [0.05, 0.1) is 0 Å². The first kappa shape index (κ1) is 21.3. The number of nitrogens with zero attached hydrogens (tertiary/aromatic N) is 1. The molecule has 0 aliphatic heterocycles. The van der Waals surface area contributed by atoms with Crippen LogP contribution in [0.1, 0.15) is 68.4 Å². The summed E-state index contributed by atoms with van der Waals surface area (Å²) in [5, 5.41) is 1.04. The minimum atomic E-state index is -0.285. The van der Waals surface area contributed by atoms with E-state index in [-0.39, 0.29) is 11.0 Å². The molecule has 3 nitrogen and oxygen atoms in total. The van der Waals surface area contributed by atoms with Crippen molar-refractivity contribution >= 4 is 11.0 Å². The topological polar surface area (TPSA) is 33.5 Å². The third-order valence-electron chi connectivity index (χ3n) is 5.55. The third kappa shape index (κ3) is 4.97. The minimum Gasteiger partial charge on any atom is -0.423 e. The van der Waals surface area contributed by atoms with Crippen molar-refractivity contribution in [2.24, 2.45) is 0 Å². The molecule has 0 radical (unpaired) electrons. The Labute approximate surface area is 174 Å². The predicted molar refractivity (Wildman–Crippen MR) is 122 cm³/mol. The molecular formula is C26H33NO2. The zero-order valence-electron chi connectivity index (χ0n) is 18.8. The lowest BCUT2D eigenvalue weighted by Crippen LogP contribution is -2.19. The van der Waals surface area contributed by atoms with Crippen molar-refractivity contribution < 1.29 is 4.42 Å². The fraction of sp³-hybridized carbons (Fsp3) is 0.423. The maximum Gasteiger partial charge on any atom is 0.336 e. The van der Waals surface area contributed by atoms with E-state index < -0.39 is 0 Å². The highest BCUT2D eigenvalue weighted by Gasteiger charge is 2.15. The quantitative estimate of drug-likeness (QED) is 0.489. The van der Waals surface area contributed by atoms with Crippen molar-refractivity contribution in [2.75, 3.05) is 7.05 Å². The molecule has 0 N–H and O–H groups in total. The number of fused-ring (bicyclic) bond motifs is 1. The predicted octanol–water partition coefficient (Wildman–Crippen LogP) is 6.15. The summed E-state index contributed by atoms with van der Waals surface area (Å²) in [6.07, 6.45) is 0. The van der Waals surface area contributed by atoms with Gasteiger partial charge >= 0.3 is 5.63 Å². The van der Waals surface area contributed by atoms with Crippen molar-refractivity contribution in [1.29, 1.82) is 0 Å². The van der Waals surface area contributed by atoms with Crippen molar-refractivity contribution in [1.82, 2.24) is 4.90 Å². The molecule has 3 rings (SSSR count). The Balaban J connectivity index is 1.87. The van der Waals surface area contributed by atoms with Gasteiger partial charge in [-0.2, -0.15) is 0 Å². The van der Waals surface area contributed by atoms with Crippen LogP contribution in [0.3, 0.4) is 0 Å². The van der Waals surface area contributed by atoms with E-state index in [9.17, 15) is 4.79 Å². The molecule has 29 heavy (non-hydrogen) atoms. The fourth-order valence-electron chi connectivity index (χ4n) is 3.91. The van der Waals surface area contributed by atoms with Gasteiger partial charge in [-0.1, -0.05) is 58.9 Å². The molecule has 2 aromatic carbocycles. The molecule has 0 saturated heterocycles. The Morgan fingerprint density at radius 2 is 1.66 bits per heavy atom. The molecule has 1 heterocycles. The number of aryl methyl sites for hydroxylation is 1. The van der Waals surface area contributed by atoms with E-state index in [1.165, 1.54) is 22.3 Å². The Bertz CT molecular complexity index is 1050. The summed E-state index contributed by atoms with van der Waals surface area (Å²) < 4.78 is 5.49. The second kappa shape index (κ2) is 8.16. The van der Waals surface area contributed by atoms with Crippen LogP contribution in [0.2, 0.25) is 0 Å². The Hall–Kier alpha value is -2.39. The molecule has 0 spiro atoms. The number of benzene rings is 2. The molecule has 0 saturated carbocycles. The van der Waals surface area contributed by atoms with Gasteiger partial charge in [0, 0.05) is 24.5 Å². The molecule has 0 atom stereocenters. The molecule has 0 unspecified atom stereocenters. The van der Waals surface area contributed by atoms with Gasteiger partial charge in [0.2, 0.25) is 0 Å². The molecule has 0 fully saturated rings. The van der Waals surface area contributed by atoms with Crippen molar-refractivity contribution in [2.45, 2.75) is 66.0 Å². The summed E-state index contributed by atoms with van der Waals surface area (Å²) in [5.74, 6) is 0.429. The van der Waals surface area contributed by atoms with E-state index in [0.717, 1.165) is 17.5 Å². The van der Waals surface area contributed by atoms with Crippen LogP contribution in [0.5, 0.6) is 0 Å². The van der Waals surface area contributed by atoms with Gasteiger partial charge in [0.25, 0.3) is 0 Å². The second-order valence-corrected chi connectivity index (χ2v) is 9.57. The summed E-state index contributed by atoms with van der Waals surface area (Å²) in [7, 11) is 2.09. The highest BCUT2D eigenvalue weighted by Crippen LogP contribution is 2.28. The molecule has 0 amide bonds. The van der Waals surface area contributed by atoms with Crippen LogP contribution in [-0.2, 0) is 18.5 Å². The lowest BCUT2D eigenvalue weighted by Gasteiger charge is -2.21. The Morgan fingerprint density at radius 1 is 1.00 bits per heavy atom. The molecule has 0 bridgehead atoms. The fourth-order valence-corrected chi connectivity index (χ4v) is 3.91. The summed E-state index contributed by atoms with van der Waals surface area (Å²) in [6.45, 7) is 14.7. The minimum absolute atomic E-state index is 0.160. The number of rotatable bonds is 5. The van der Waals surface area contributed by atoms with E-state index in [4.69, 9.17) is 4.42 Å². The molecule has 0 aliphatic carbocycles. The summed E-state index contributed by atoms with van der Waals surface area (Å²) in [4.78, 5) is 14.4. The smallest absolute Gasteiger partial charge is 0.336 e. The molecule has 3 heteroatoms. The summed E-state index contributed by atoms with van der Waals surface area (Å²) in [6, 6.07) is 14.7. The van der Waals surface area contributed by atoms with Gasteiger partial charge in [-0.05, 0) is 65.3 Å². The van der Waals surface area contributed by atoms with Gasteiger partial charge in [0.15, 0.2) is 0 Å². The average Bonchev–Trinajstić information content (AvgIpc) is 2.60. The van der Waals surface area contributed by atoms with Gasteiger partial charge in [-0.15, -0.1) is 0 Å². The number of hydrogen-bond donors (Lipinski definition) is 0. The monoisotopic (exact) mass is 391 g/mol. The average molecular weight is 392 g/mol. The van der Waals surface area contributed by atoms with E-state index in [1.54, 1.807) is 6.07 Å². The first-order valence-corrected chi connectivity index (χ1v) is 10.4. The largest absolute Gasteiger partial charge is 0.423 e. The zero-order valence-corrected chi connectivity index (χ0v) is 18.8. The lowest BCUT2D eigenvalue weighted by atomic mass is 9.87. The van der Waals surface area contributed by atoms with Crippen LogP contribution in [0, 0.1) is 6.92 Å². The van der Waals surface area contributed by atoms with E-state index in [0.29, 0.717) is 18.0 Å². The molecule has 0 aliphatic rings. The first-order chi connectivity index (χ1) is 13.5. The first-order valence-electron chi connectivity index (χ1n) is 10.4. The van der Waals surface area contributed by atoms with Gasteiger partial charge in [-0.3, -0.25) is 4.90 Å². The van der Waals surface area contributed by atoms with Gasteiger partial charge in [0.1, 0.15) is 5.58 Å². The highest BCUT2D eigenvalue weighted by atomic mass is 16.4. The normalized spacial score (nSPS) is 12.3. The van der Waals surface area contributed by atoms with E-state index in [1.807, 2.05) is 6.07 Å². The maximum atomic E-state index is 12.1. The van der Waals surface area contributed by atoms with Crippen molar-refractivity contribution in [3.05, 3.63) is 80.7 Å². The highest BCUT2D eigenvalue weighted by molar-refractivity contribution is 5.82. The van der Waals surface area contributed by atoms with E-state index in [2.05, 4.69) is 83.8 Å². The number of hydrogen-bond acceptors (Lipinski definition) is 3. The summed E-state index contributed by atoms with van der Waals surface area (Å²) in [5.41, 5.74) is 6.65. The van der Waals surface area contributed by atoms with Gasteiger partial charge < -0.3 is 4.42 Å². The Morgan fingerprint density at radius 3 is 2.24 bits per heavy atom. The molecular weight excluding hydrogens is 358 g/mol. The molecule has 3 aromatic rings. The standard InChI is InChI=1S/C26H33NO2/c1-17(2)22-14-23-20(13-25(28)29-24(23)12-18(22)3)16-27(7)15-19-8-10-21(11-9-19)26(4,5)6/h8-14,17H,15-16H2,1-7H3. The lowest BCUT2D eigenvalue weighted by molar-refractivity contribution is 0.319. The molecule has 1 aromatic heterocycles. The van der Waals surface area contributed by atoms with Crippen LogP contribution < -0.4 is 5.63 Å². The van der Waals surface area contributed by atoms with Crippen LogP contribution >= 0.6 is 0 Å². The summed E-state index contributed by atoms with van der Waals surface area (Å²) >= 11 is 0. The van der Waals surface area contributed by atoms with E-state index >= 15 is 0 Å². The maximum absolute atomic E-state index is 12.1. The molecule has 154 valence electrons. The van der Waals surface area contributed by atoms with Crippen LogP contribution in [-0.4, -0.2) is 11.9 Å². The van der Waals surface area contributed by atoms with Crippen LogP contribution in [0.4, 0.5) is 0 Å². The van der Waals surface area contributed by atoms with Crippen LogP contribution in [0.15, 0.2) is 51.7 Å². The second-order valence-electron chi connectivity index (χ2n) is 9.57. The third-order valence-corrected chi connectivity index (χ3v) is 5.55. The van der Waals surface area contributed by atoms with Crippen LogP contribution in [0.25, 0.3) is 11.0 Å². The van der Waals surface area contributed by atoms with Crippen molar-refractivity contribution in [3.8, 4) is 0 Å². The van der Waals surface area contributed by atoms with Gasteiger partial charge in [-0.25, -0.2) is 4.79 Å². The van der Waals surface area contributed by atoms with Crippen molar-refractivity contribution in [3.63, 3.8) is 0 Å². The zero-order chi connectivity index (χ0) is 21.3.